The van der Waals surface area contributed by atoms with Gasteiger partial charge in [0.15, 0.2) is 0 Å². The molecule has 5 N–H and O–H groups in total. The summed E-state index contributed by atoms with van der Waals surface area (Å²) in [5, 5.41) is 42.2. The van der Waals surface area contributed by atoms with E-state index in [2.05, 4.69) is 5.32 Å². The lowest BCUT2D eigenvalue weighted by Gasteiger charge is -2.41. The zero-order valence-electron chi connectivity index (χ0n) is 15.2. The number of carbonyl (C=O) groups excluding carboxylic acids is 1. The van der Waals surface area contributed by atoms with Crippen molar-refractivity contribution >= 4 is 16.9 Å². The number of fused-ring (bicyclic) bond motifs is 1. The number of aromatic hydroxyl groups is 1. The summed E-state index contributed by atoms with van der Waals surface area (Å²) in [4.78, 5) is 23.9. The molecule has 0 aliphatic carbocycles. The Morgan fingerprint density at radius 2 is 2.00 bits per heavy atom. The van der Waals surface area contributed by atoms with Gasteiger partial charge >= 0.3 is 5.63 Å². The Hall–Kier alpha value is -2.66. The van der Waals surface area contributed by atoms with E-state index < -0.39 is 48.8 Å². The Morgan fingerprint density at radius 3 is 2.64 bits per heavy atom. The summed E-state index contributed by atoms with van der Waals surface area (Å²) in [5.74, 6) is -0.819. The number of phenolic OH excluding ortho intramolecular Hbond substituents is 1. The van der Waals surface area contributed by atoms with Crippen LogP contribution >= 0.6 is 0 Å². The summed E-state index contributed by atoms with van der Waals surface area (Å²) >= 11 is 0. The van der Waals surface area contributed by atoms with Crippen LogP contribution in [0.4, 0.5) is 0 Å². The van der Waals surface area contributed by atoms with Gasteiger partial charge < -0.3 is 39.6 Å². The fourth-order valence-electron chi connectivity index (χ4n) is 3.15. The number of amides is 1. The zero-order chi connectivity index (χ0) is 20.6. The van der Waals surface area contributed by atoms with Crippen LogP contribution in [0.15, 0.2) is 27.4 Å². The molecule has 10 nitrogen and oxygen atoms in total. The van der Waals surface area contributed by atoms with Gasteiger partial charge in [0.25, 0.3) is 0 Å². The van der Waals surface area contributed by atoms with Crippen molar-refractivity contribution in [1.82, 2.24) is 5.32 Å². The highest BCUT2D eigenvalue weighted by molar-refractivity contribution is 5.83. The van der Waals surface area contributed by atoms with Crippen molar-refractivity contribution in [2.45, 2.75) is 44.5 Å². The number of benzene rings is 1. The first kappa shape index (κ1) is 20.1. The number of ether oxygens (including phenoxy) is 2. The third-order valence-electron chi connectivity index (χ3n) is 4.58. The number of aliphatic hydroxyl groups excluding tert-OH is 3. The number of phenols is 1. The molecule has 3 rings (SSSR count). The standard InChI is InChI=1S/C18H21NO9/c1-7-10-4-3-9(22)5-11(10)26-17(25)16(7)28-18-13(19-8(2)21)15(24)14(23)12(6-20)27-18/h3-5,12-15,18,20,22-24H,6H2,1-2H3,(H,19,21)/t12-,13-,14-,15-,18?/m1/s1. The predicted molar refractivity (Wildman–Crippen MR) is 94.9 cm³/mol. The highest BCUT2D eigenvalue weighted by atomic mass is 16.7. The van der Waals surface area contributed by atoms with Crippen molar-refractivity contribution < 1.29 is 39.1 Å². The monoisotopic (exact) mass is 395 g/mol. The van der Waals surface area contributed by atoms with Crippen LogP contribution in [0.1, 0.15) is 12.5 Å². The summed E-state index contributed by atoms with van der Waals surface area (Å²) in [5.41, 5.74) is -0.318. The van der Waals surface area contributed by atoms with Crippen molar-refractivity contribution in [1.29, 1.82) is 0 Å². The van der Waals surface area contributed by atoms with E-state index in [9.17, 15) is 30.0 Å². The first-order valence-electron chi connectivity index (χ1n) is 8.55. The van der Waals surface area contributed by atoms with Crippen LogP contribution in [-0.2, 0) is 9.53 Å². The Balaban J connectivity index is 2.00. The Bertz CT molecular complexity index is 941. The molecule has 1 aromatic carbocycles. The van der Waals surface area contributed by atoms with Crippen LogP contribution in [0.25, 0.3) is 11.0 Å². The molecule has 1 unspecified atom stereocenters. The van der Waals surface area contributed by atoms with Gasteiger partial charge in [-0.15, -0.1) is 0 Å². The van der Waals surface area contributed by atoms with Gasteiger partial charge in [-0.3, -0.25) is 4.79 Å². The van der Waals surface area contributed by atoms with Crippen molar-refractivity contribution in [3.8, 4) is 11.5 Å². The van der Waals surface area contributed by atoms with Gasteiger partial charge in [0.1, 0.15) is 35.7 Å². The summed E-state index contributed by atoms with van der Waals surface area (Å²) < 4.78 is 16.3. The van der Waals surface area contributed by atoms with Crippen LogP contribution in [-0.4, -0.2) is 63.6 Å². The second-order valence-corrected chi connectivity index (χ2v) is 6.57. The average Bonchev–Trinajstić information content (AvgIpc) is 2.63. The molecule has 0 saturated carbocycles. The molecular formula is C18H21NO9. The molecule has 2 heterocycles. The largest absolute Gasteiger partial charge is 0.508 e. The van der Waals surface area contributed by atoms with Crippen molar-refractivity contribution in [2.24, 2.45) is 0 Å². The number of hydrogen-bond donors (Lipinski definition) is 5. The Labute approximate surface area is 158 Å². The highest BCUT2D eigenvalue weighted by Crippen LogP contribution is 2.29. The molecule has 1 amide bonds. The fraction of sp³-hybridized carbons (Fsp3) is 0.444. The van der Waals surface area contributed by atoms with Crippen LogP contribution in [0.3, 0.4) is 0 Å². The molecule has 1 aromatic heterocycles. The van der Waals surface area contributed by atoms with Crippen LogP contribution in [0, 0.1) is 6.92 Å². The molecule has 0 radical (unpaired) electrons. The highest BCUT2D eigenvalue weighted by Gasteiger charge is 2.46. The number of aryl methyl sites for hydroxylation is 1. The third-order valence-corrected chi connectivity index (χ3v) is 4.58. The van der Waals surface area contributed by atoms with Gasteiger partial charge in [-0.2, -0.15) is 0 Å². The van der Waals surface area contributed by atoms with Gasteiger partial charge in [0.05, 0.1) is 6.61 Å². The van der Waals surface area contributed by atoms with Crippen LogP contribution in [0.5, 0.6) is 11.5 Å². The van der Waals surface area contributed by atoms with E-state index >= 15 is 0 Å². The maximum atomic E-state index is 12.4. The van der Waals surface area contributed by atoms with E-state index in [1.54, 1.807) is 6.92 Å². The summed E-state index contributed by atoms with van der Waals surface area (Å²) in [7, 11) is 0. The van der Waals surface area contributed by atoms with E-state index in [1.807, 2.05) is 0 Å². The lowest BCUT2D eigenvalue weighted by Crippen LogP contribution is -2.65. The molecule has 1 fully saturated rings. The molecular weight excluding hydrogens is 374 g/mol. The minimum absolute atomic E-state index is 0.0760. The third kappa shape index (κ3) is 3.67. The van der Waals surface area contributed by atoms with Crippen molar-refractivity contribution in [3.63, 3.8) is 0 Å². The number of aliphatic hydroxyl groups is 3. The van der Waals surface area contributed by atoms with E-state index in [-0.39, 0.29) is 17.1 Å². The van der Waals surface area contributed by atoms with Crippen molar-refractivity contribution in [3.05, 3.63) is 34.2 Å². The Kier molecular flexibility index (Phi) is 5.57. The molecule has 2 aromatic rings. The summed E-state index contributed by atoms with van der Waals surface area (Å²) in [6, 6.07) is 3.03. The van der Waals surface area contributed by atoms with E-state index in [1.165, 1.54) is 25.1 Å². The molecule has 1 aliphatic rings. The molecule has 1 aliphatic heterocycles. The SMILES string of the molecule is CC(=O)N[C@H]1C(Oc2c(C)c3ccc(O)cc3oc2=O)O[C@H](CO)[C@@H](O)[C@@H]1O. The summed E-state index contributed by atoms with van der Waals surface area (Å²) in [6.07, 6.45) is -5.55. The smallest absolute Gasteiger partial charge is 0.379 e. The van der Waals surface area contributed by atoms with Crippen molar-refractivity contribution in [2.75, 3.05) is 6.61 Å². The minimum Gasteiger partial charge on any atom is -0.508 e. The van der Waals surface area contributed by atoms with Crippen LogP contribution < -0.4 is 15.7 Å². The minimum atomic E-state index is -1.51. The molecule has 0 bridgehead atoms. The maximum Gasteiger partial charge on any atom is 0.379 e. The van der Waals surface area contributed by atoms with Gasteiger partial charge in [0, 0.05) is 23.9 Å². The topological polar surface area (TPSA) is 159 Å². The van der Waals surface area contributed by atoms with Gasteiger partial charge in [-0.1, -0.05) is 0 Å². The number of nitrogens with one attached hydrogen (secondary N) is 1. The molecule has 152 valence electrons. The second-order valence-electron chi connectivity index (χ2n) is 6.57. The maximum absolute atomic E-state index is 12.4. The van der Waals surface area contributed by atoms with E-state index in [0.717, 1.165) is 0 Å². The first-order valence-corrected chi connectivity index (χ1v) is 8.55. The molecule has 10 heteroatoms. The normalized spacial score (nSPS) is 27.5. The first-order chi connectivity index (χ1) is 13.2. The van der Waals surface area contributed by atoms with E-state index in [0.29, 0.717) is 10.9 Å². The van der Waals surface area contributed by atoms with E-state index in [4.69, 9.17) is 13.9 Å². The second kappa shape index (κ2) is 7.76. The molecule has 28 heavy (non-hydrogen) atoms. The average molecular weight is 395 g/mol. The fourth-order valence-corrected chi connectivity index (χ4v) is 3.15. The van der Waals surface area contributed by atoms with Gasteiger partial charge in [-0.25, -0.2) is 4.79 Å². The van der Waals surface area contributed by atoms with Gasteiger partial charge in [-0.05, 0) is 19.1 Å². The molecule has 1 saturated heterocycles. The number of rotatable bonds is 4. The van der Waals surface area contributed by atoms with Crippen LogP contribution in [0.2, 0.25) is 0 Å². The van der Waals surface area contributed by atoms with Gasteiger partial charge in [0.2, 0.25) is 17.9 Å². The lowest BCUT2D eigenvalue weighted by atomic mass is 9.97. The number of hydrogen-bond acceptors (Lipinski definition) is 9. The quantitative estimate of drug-likeness (QED) is 0.415. The molecule has 5 atom stereocenters. The zero-order valence-corrected chi connectivity index (χ0v) is 15.2. The summed E-state index contributed by atoms with van der Waals surface area (Å²) in [6.45, 7) is 2.18. The molecule has 0 spiro atoms. The lowest BCUT2D eigenvalue weighted by molar-refractivity contribution is -0.244. The number of carbonyl (C=O) groups is 1. The Morgan fingerprint density at radius 1 is 1.29 bits per heavy atom. The predicted octanol–water partition coefficient (Wildman–Crippen LogP) is -0.870.